The van der Waals surface area contributed by atoms with Gasteiger partial charge in [-0.3, -0.25) is 0 Å². The molecule has 0 saturated heterocycles. The summed E-state index contributed by atoms with van der Waals surface area (Å²) in [6.45, 7) is 4.36. The number of benzene rings is 2. The summed E-state index contributed by atoms with van der Waals surface area (Å²) < 4.78 is 1.46. The molecule has 0 nitrogen and oxygen atoms in total. The summed E-state index contributed by atoms with van der Waals surface area (Å²) in [6.07, 6.45) is 9.58. The van der Waals surface area contributed by atoms with Gasteiger partial charge in [-0.25, -0.2) is 0 Å². The van der Waals surface area contributed by atoms with Crippen molar-refractivity contribution in [3.05, 3.63) is 81.9 Å². The van der Waals surface area contributed by atoms with Crippen LogP contribution >= 0.6 is 24.8 Å². The predicted molar refractivity (Wildman–Crippen MR) is 100 cm³/mol. The number of halogens is 2. The maximum atomic E-state index is 2.45. The van der Waals surface area contributed by atoms with E-state index in [1.165, 1.54) is 22.3 Å². The van der Waals surface area contributed by atoms with E-state index in [1.54, 1.807) is 11.1 Å². The smallest absolute Gasteiger partial charge is 0 e. The van der Waals surface area contributed by atoms with Crippen molar-refractivity contribution < 1.29 is 49.4 Å². The van der Waals surface area contributed by atoms with Gasteiger partial charge in [0, 0.05) is 26.2 Å². The van der Waals surface area contributed by atoms with Gasteiger partial charge in [0.1, 0.15) is 0 Å². The molecule has 0 fully saturated rings. The van der Waals surface area contributed by atoms with E-state index in [0.29, 0.717) is 0 Å². The first-order valence-electron chi connectivity index (χ1n) is 7.54. The van der Waals surface area contributed by atoms with Gasteiger partial charge in [0.2, 0.25) is 0 Å². The standard InChI is InChI=1S/2C10H9.2ClH.2Zr/c2*1-8-5-6-9-3-2-4-10(9)7-8;;;;/h2*2-7H,1H3;2*1H;;. The summed E-state index contributed by atoms with van der Waals surface area (Å²) in [4.78, 5) is 0. The molecule has 0 spiro atoms. The molecule has 2 aromatic carbocycles. The van der Waals surface area contributed by atoms with Crippen LogP contribution in [0.1, 0.15) is 40.6 Å². The Morgan fingerprint density at radius 3 is 1.54 bits per heavy atom. The van der Waals surface area contributed by atoms with Crippen molar-refractivity contribution in [1.82, 2.24) is 0 Å². The van der Waals surface area contributed by atoms with E-state index in [0.717, 1.165) is 7.25 Å². The third-order valence-electron chi connectivity index (χ3n) is 4.45. The molecule has 0 aliphatic heterocycles. The molecule has 2 unspecified atom stereocenters. The van der Waals surface area contributed by atoms with E-state index in [2.05, 4.69) is 74.5 Å². The molecule has 0 radical (unpaired) electrons. The van der Waals surface area contributed by atoms with Gasteiger partial charge in [-0.05, 0) is 0 Å². The topological polar surface area (TPSA) is 0 Å². The van der Waals surface area contributed by atoms with E-state index >= 15 is 0 Å². The number of hydrogen-bond acceptors (Lipinski definition) is 0. The first-order chi connectivity index (χ1) is 10.2. The molecule has 0 N–H and O–H groups in total. The van der Waals surface area contributed by atoms with Crippen molar-refractivity contribution in [2.75, 3.05) is 0 Å². The van der Waals surface area contributed by atoms with Crippen molar-refractivity contribution in [3.8, 4) is 0 Å². The second-order valence-corrected chi connectivity index (χ2v) is 9.98. The zero-order valence-electron chi connectivity index (χ0n) is 13.7. The van der Waals surface area contributed by atoms with E-state index in [9.17, 15) is 0 Å². The monoisotopic (exact) mass is 510 g/mol. The van der Waals surface area contributed by atoms with Gasteiger partial charge in [-0.1, -0.05) is 0 Å². The molecule has 2 atom stereocenters. The average molecular weight is 514 g/mol. The Labute approximate surface area is 187 Å². The van der Waals surface area contributed by atoms with Crippen LogP contribution in [-0.2, 0) is 49.4 Å². The molecule has 0 bridgehead atoms. The minimum atomic E-state index is -0.572. The molecule has 0 saturated carbocycles. The van der Waals surface area contributed by atoms with E-state index in [4.69, 9.17) is 0 Å². The van der Waals surface area contributed by atoms with Crippen LogP contribution in [0.3, 0.4) is 0 Å². The van der Waals surface area contributed by atoms with Crippen molar-refractivity contribution in [2.24, 2.45) is 0 Å². The van der Waals surface area contributed by atoms with Crippen LogP contribution in [0.25, 0.3) is 12.2 Å². The van der Waals surface area contributed by atoms with Crippen LogP contribution in [0.5, 0.6) is 0 Å². The fourth-order valence-corrected chi connectivity index (χ4v) is 7.48. The first kappa shape index (κ1) is 22.3. The second kappa shape index (κ2) is 9.27. The molecule has 24 heavy (non-hydrogen) atoms. The number of rotatable bonds is 2. The van der Waals surface area contributed by atoms with Crippen molar-refractivity contribution >= 4 is 37.0 Å². The molecule has 2 aliphatic carbocycles. The number of hydrogen-bond donors (Lipinski definition) is 0. The van der Waals surface area contributed by atoms with Crippen LogP contribution in [0.15, 0.2) is 48.6 Å². The van der Waals surface area contributed by atoms with Gasteiger partial charge < -0.3 is 0 Å². The first-order valence-corrected chi connectivity index (χ1v) is 10.4. The van der Waals surface area contributed by atoms with Gasteiger partial charge in [0.25, 0.3) is 0 Å². The molecule has 2 aromatic rings. The van der Waals surface area contributed by atoms with Gasteiger partial charge >= 0.3 is 138 Å². The van der Waals surface area contributed by atoms with Gasteiger partial charge in [0.15, 0.2) is 0 Å². The Morgan fingerprint density at radius 2 is 1.12 bits per heavy atom. The maximum Gasteiger partial charge on any atom is 0 e. The van der Waals surface area contributed by atoms with Crippen LogP contribution in [0.2, 0.25) is 0 Å². The zero-order chi connectivity index (χ0) is 14.4. The fourth-order valence-electron chi connectivity index (χ4n) is 3.33. The summed E-state index contributed by atoms with van der Waals surface area (Å²) in [7, 11) is 0. The molecule has 0 heterocycles. The normalized spacial score (nSPS) is 18.8. The largest absolute Gasteiger partial charge is 0.147 e. The SMILES string of the molecule is Cc1ccc2c(c1)C=C[CH]2[Zr][CH]1C=Cc2cc(C)ccc21.Cl.Cl.[Zr]. The summed E-state index contributed by atoms with van der Waals surface area (Å²) >= 11 is -0.572. The number of allylic oxidation sites excluding steroid dienone is 2. The van der Waals surface area contributed by atoms with Crippen molar-refractivity contribution in [1.29, 1.82) is 0 Å². The number of aryl methyl sites for hydroxylation is 2. The van der Waals surface area contributed by atoms with Crippen LogP contribution in [-0.4, -0.2) is 0 Å². The predicted octanol–water partition coefficient (Wildman–Crippen LogP) is 6.06. The Balaban J connectivity index is 0.000000960. The summed E-state index contributed by atoms with van der Waals surface area (Å²) in [6, 6.07) is 13.9. The third-order valence-corrected chi connectivity index (χ3v) is 8.69. The molecular weight excluding hydrogens is 494 g/mol. The molecule has 0 amide bonds. The van der Waals surface area contributed by atoms with Crippen LogP contribution < -0.4 is 0 Å². The molecule has 122 valence electrons. The summed E-state index contributed by atoms with van der Waals surface area (Å²) in [5, 5.41) is 0. The minimum absolute atomic E-state index is 0. The molecule has 4 rings (SSSR count). The fraction of sp³-hybridized carbons (Fsp3) is 0.200. The Kier molecular flexibility index (Phi) is 8.62. The summed E-state index contributed by atoms with van der Waals surface area (Å²) in [5.41, 5.74) is 8.78. The number of fused-ring (bicyclic) bond motifs is 2. The molecule has 0 aromatic heterocycles. The van der Waals surface area contributed by atoms with E-state index in [-0.39, 0.29) is 51.0 Å². The van der Waals surface area contributed by atoms with Gasteiger partial charge in [-0.15, -0.1) is 24.8 Å². The zero-order valence-corrected chi connectivity index (χ0v) is 20.3. The Bertz CT molecular complexity index is 716. The van der Waals surface area contributed by atoms with Gasteiger partial charge in [0.05, 0.1) is 0 Å². The van der Waals surface area contributed by atoms with Crippen molar-refractivity contribution in [3.63, 3.8) is 0 Å². The molecule has 4 heteroatoms. The van der Waals surface area contributed by atoms with E-state index < -0.39 is 23.2 Å². The Morgan fingerprint density at radius 1 is 0.708 bits per heavy atom. The minimum Gasteiger partial charge on any atom is -0.147 e. The van der Waals surface area contributed by atoms with Crippen molar-refractivity contribution in [2.45, 2.75) is 21.1 Å². The molecular formula is C20H20Cl2Zr2. The van der Waals surface area contributed by atoms with Crippen LogP contribution in [0.4, 0.5) is 0 Å². The average Bonchev–Trinajstić information content (AvgIpc) is 3.03. The summed E-state index contributed by atoms with van der Waals surface area (Å²) in [5.74, 6) is 0. The quantitative estimate of drug-likeness (QED) is 0.458. The Hall–Kier alpha value is 0.266. The van der Waals surface area contributed by atoms with E-state index in [1.807, 2.05) is 0 Å². The van der Waals surface area contributed by atoms with Crippen LogP contribution in [0, 0.1) is 13.8 Å². The maximum absolute atomic E-state index is 2.45. The van der Waals surface area contributed by atoms with Gasteiger partial charge in [-0.2, -0.15) is 0 Å². The third kappa shape index (κ3) is 4.32. The molecule has 2 aliphatic rings. The second-order valence-electron chi connectivity index (χ2n) is 6.10.